The lowest BCUT2D eigenvalue weighted by atomic mass is 10.3. The third-order valence-electron chi connectivity index (χ3n) is 0.987. The molecule has 0 bridgehead atoms. The molecule has 0 aliphatic rings. The van der Waals surface area contributed by atoms with Crippen LogP contribution in [0.4, 0.5) is 26.3 Å². The topological polar surface area (TPSA) is 35.2 Å². The summed E-state index contributed by atoms with van der Waals surface area (Å²) in [6, 6.07) is 0. The predicted molar refractivity (Wildman–Crippen MR) is 38.6 cm³/mol. The van der Waals surface area contributed by atoms with Gasteiger partial charge in [0, 0.05) is 0 Å². The van der Waals surface area contributed by atoms with E-state index in [2.05, 4.69) is 17.0 Å². The van der Waals surface area contributed by atoms with Gasteiger partial charge in [0.25, 0.3) is 0 Å². The molecule has 0 heterocycles. The van der Waals surface area contributed by atoms with Crippen LogP contribution >= 0.6 is 12.2 Å². The number of hydrogen-bond acceptors (Lipinski definition) is 2. The van der Waals surface area contributed by atoms with Crippen molar-refractivity contribution in [2.75, 3.05) is 6.61 Å². The minimum absolute atomic E-state index is 0.580. The van der Waals surface area contributed by atoms with Crippen molar-refractivity contribution in [1.82, 2.24) is 0 Å². The first-order valence-electron chi connectivity index (χ1n) is 3.08. The molecule has 14 heavy (non-hydrogen) atoms. The van der Waals surface area contributed by atoms with Crippen molar-refractivity contribution in [3.63, 3.8) is 0 Å². The second-order valence-electron chi connectivity index (χ2n) is 2.24. The van der Waals surface area contributed by atoms with Crippen LogP contribution in [0.25, 0.3) is 0 Å². The monoisotopic (exact) mass is 241 g/mol. The molecule has 0 aromatic carbocycles. The van der Waals surface area contributed by atoms with Gasteiger partial charge >= 0.3 is 12.4 Å². The summed E-state index contributed by atoms with van der Waals surface area (Å²) in [5.41, 5.74) is 4.70. The number of alkyl halides is 6. The Labute approximate surface area is 80.0 Å². The maximum Gasteiger partial charge on any atom is 0.423 e. The maximum absolute atomic E-state index is 11.7. The molecule has 0 amide bonds. The van der Waals surface area contributed by atoms with E-state index in [1.807, 2.05) is 0 Å². The molecule has 2 nitrogen and oxygen atoms in total. The molecule has 9 heteroatoms. The molecule has 0 fully saturated rings. The molecule has 0 saturated carbocycles. The molecular formula is C5H5F6NOS. The normalized spacial score (nSPS) is 13.4. The number of thiocarbonyl (C=S) groups is 1. The lowest BCUT2D eigenvalue weighted by molar-refractivity contribution is -0.318. The van der Waals surface area contributed by atoms with E-state index in [9.17, 15) is 26.3 Å². The second kappa shape index (κ2) is 4.30. The van der Waals surface area contributed by atoms with E-state index in [1.165, 1.54) is 0 Å². The van der Waals surface area contributed by atoms with Gasteiger partial charge in [-0.2, -0.15) is 26.3 Å². The minimum Gasteiger partial charge on any atom is -0.391 e. The first kappa shape index (κ1) is 13.4. The van der Waals surface area contributed by atoms with Gasteiger partial charge in [-0.3, -0.25) is 0 Å². The van der Waals surface area contributed by atoms with Crippen molar-refractivity contribution in [2.24, 2.45) is 5.73 Å². The number of hydrogen-bond donors (Lipinski definition) is 1. The Kier molecular flexibility index (Phi) is 4.13. The molecule has 2 N–H and O–H groups in total. The highest BCUT2D eigenvalue weighted by Gasteiger charge is 2.57. The van der Waals surface area contributed by atoms with E-state index in [0.29, 0.717) is 0 Å². The average Bonchev–Trinajstić information content (AvgIpc) is 1.78. The molecular weight excluding hydrogens is 236 g/mol. The Balaban J connectivity index is 4.51. The van der Waals surface area contributed by atoms with Crippen molar-refractivity contribution >= 4 is 17.2 Å². The summed E-state index contributed by atoms with van der Waals surface area (Å²) >= 11 is 4.08. The zero-order chi connectivity index (χ0) is 11.6. The molecule has 0 aromatic rings. The fourth-order valence-electron chi connectivity index (χ4n) is 0.540. The number of halogens is 6. The van der Waals surface area contributed by atoms with Gasteiger partial charge in [-0.05, 0) is 0 Å². The first-order chi connectivity index (χ1) is 6.05. The van der Waals surface area contributed by atoms with Gasteiger partial charge in [0.15, 0.2) is 0 Å². The average molecular weight is 241 g/mol. The van der Waals surface area contributed by atoms with Crippen LogP contribution in [0.5, 0.6) is 0 Å². The minimum atomic E-state index is -5.52. The van der Waals surface area contributed by atoms with Gasteiger partial charge in [-0.25, -0.2) is 0 Å². The van der Waals surface area contributed by atoms with Gasteiger partial charge in [0.1, 0.15) is 0 Å². The Hall–Kier alpha value is -0.570. The van der Waals surface area contributed by atoms with Crippen LogP contribution in [0, 0.1) is 0 Å². The van der Waals surface area contributed by atoms with Crippen LogP contribution in [0.1, 0.15) is 0 Å². The summed E-state index contributed by atoms with van der Waals surface area (Å²) in [6.45, 7) is -1.07. The number of rotatable bonds is 3. The van der Waals surface area contributed by atoms with E-state index in [1.54, 1.807) is 0 Å². The van der Waals surface area contributed by atoms with Crippen molar-refractivity contribution < 1.29 is 31.1 Å². The van der Waals surface area contributed by atoms with E-state index in [0.717, 1.165) is 0 Å². The van der Waals surface area contributed by atoms with Crippen LogP contribution in [0.15, 0.2) is 0 Å². The summed E-state index contributed by atoms with van der Waals surface area (Å²) in [6.07, 6.45) is -14.9. The molecule has 0 unspecified atom stereocenters. The highest BCUT2D eigenvalue weighted by molar-refractivity contribution is 7.80. The Bertz CT molecular complexity index is 197. The SMILES string of the molecule is NC(=S)COC(C(F)(F)F)C(F)(F)F. The highest BCUT2D eigenvalue weighted by atomic mass is 32.1. The van der Waals surface area contributed by atoms with Crippen molar-refractivity contribution in [3.05, 3.63) is 0 Å². The Morgan fingerprint density at radius 3 is 1.71 bits per heavy atom. The van der Waals surface area contributed by atoms with Gasteiger partial charge in [-0.15, -0.1) is 0 Å². The smallest absolute Gasteiger partial charge is 0.391 e. The lowest BCUT2D eigenvalue weighted by Crippen LogP contribution is -2.45. The summed E-state index contributed by atoms with van der Waals surface area (Å²) in [5, 5.41) is 0. The van der Waals surface area contributed by atoms with Gasteiger partial charge in [0.05, 0.1) is 11.6 Å². The molecule has 0 rings (SSSR count). The third kappa shape index (κ3) is 4.61. The fraction of sp³-hybridized carbons (Fsp3) is 0.800. The largest absolute Gasteiger partial charge is 0.423 e. The Morgan fingerprint density at radius 2 is 1.50 bits per heavy atom. The third-order valence-corrected chi connectivity index (χ3v) is 1.10. The summed E-state index contributed by atoms with van der Waals surface area (Å²) < 4.78 is 73.9. The van der Waals surface area contributed by atoms with Crippen molar-refractivity contribution in [1.29, 1.82) is 0 Å². The Morgan fingerprint density at radius 1 is 1.14 bits per heavy atom. The highest BCUT2D eigenvalue weighted by Crippen LogP contribution is 2.35. The second-order valence-corrected chi connectivity index (χ2v) is 2.76. The molecule has 0 atom stereocenters. The number of ether oxygens (including phenoxy) is 1. The fourth-order valence-corrected chi connectivity index (χ4v) is 0.608. The van der Waals surface area contributed by atoms with E-state index in [4.69, 9.17) is 5.73 Å². The van der Waals surface area contributed by atoms with Crippen molar-refractivity contribution in [2.45, 2.75) is 18.5 Å². The van der Waals surface area contributed by atoms with Crippen molar-refractivity contribution in [3.8, 4) is 0 Å². The predicted octanol–water partition coefficient (Wildman–Crippen LogP) is 1.78. The van der Waals surface area contributed by atoms with Crippen LogP contribution < -0.4 is 5.73 Å². The molecule has 0 spiro atoms. The van der Waals surface area contributed by atoms with Crippen LogP contribution in [0.3, 0.4) is 0 Å². The summed E-state index contributed by atoms with van der Waals surface area (Å²) in [7, 11) is 0. The van der Waals surface area contributed by atoms with Crippen LogP contribution in [-0.2, 0) is 4.74 Å². The van der Waals surface area contributed by atoms with Gasteiger partial charge in [0.2, 0.25) is 6.10 Å². The quantitative estimate of drug-likeness (QED) is 0.604. The standard InChI is InChI=1S/C5H5F6NOS/c6-4(7,8)3(5(9,10)11)13-1-2(12)14/h3H,1H2,(H2,12,14). The summed E-state index contributed by atoms with van der Waals surface area (Å²) in [5.74, 6) is 0. The van der Waals surface area contributed by atoms with E-state index >= 15 is 0 Å². The molecule has 0 aliphatic heterocycles. The lowest BCUT2D eigenvalue weighted by Gasteiger charge is -2.22. The van der Waals surface area contributed by atoms with Gasteiger partial charge < -0.3 is 10.5 Å². The maximum atomic E-state index is 11.7. The van der Waals surface area contributed by atoms with E-state index in [-0.39, 0.29) is 0 Å². The van der Waals surface area contributed by atoms with Crippen LogP contribution in [-0.4, -0.2) is 30.1 Å². The zero-order valence-corrected chi connectivity index (χ0v) is 7.26. The molecule has 0 aliphatic carbocycles. The zero-order valence-electron chi connectivity index (χ0n) is 6.45. The molecule has 0 saturated heterocycles. The molecule has 84 valence electrons. The van der Waals surface area contributed by atoms with Gasteiger partial charge in [-0.1, -0.05) is 12.2 Å². The summed E-state index contributed by atoms with van der Waals surface area (Å²) in [4.78, 5) is -0.580. The molecule has 0 radical (unpaired) electrons. The number of nitrogens with two attached hydrogens (primary N) is 1. The molecule has 0 aromatic heterocycles. The van der Waals surface area contributed by atoms with Crippen LogP contribution in [0.2, 0.25) is 0 Å². The first-order valence-corrected chi connectivity index (χ1v) is 3.49. The van der Waals surface area contributed by atoms with E-state index < -0.39 is 30.1 Å².